The molecule has 1 saturated carbocycles. The number of hydrogen-bond acceptors (Lipinski definition) is 6. The van der Waals surface area contributed by atoms with E-state index in [-0.39, 0.29) is 0 Å². The molecule has 2 aromatic carbocycles. The molecule has 2 aromatic heterocycles. The van der Waals surface area contributed by atoms with Gasteiger partial charge in [0.25, 0.3) is 0 Å². The molecular formula is C31H37N7. The highest BCUT2D eigenvalue weighted by Gasteiger charge is 2.29. The first-order chi connectivity index (χ1) is 18.7. The number of nitrogens with zero attached hydrogens (tertiary/aromatic N) is 5. The molecule has 0 bridgehead atoms. The number of benzene rings is 2. The molecule has 0 spiro atoms. The molecular weight excluding hydrogens is 470 g/mol. The fraction of sp³-hybridized carbons (Fsp3) is 0.387. The average Bonchev–Trinajstić information content (AvgIpc) is 3.41. The Labute approximate surface area is 225 Å². The highest BCUT2D eigenvalue weighted by atomic mass is 15.3. The van der Waals surface area contributed by atoms with E-state index >= 15 is 0 Å². The first-order valence-corrected chi connectivity index (χ1v) is 14.0. The van der Waals surface area contributed by atoms with Gasteiger partial charge in [-0.15, -0.1) is 0 Å². The molecule has 0 amide bonds. The average molecular weight is 508 g/mol. The van der Waals surface area contributed by atoms with Gasteiger partial charge in [-0.3, -0.25) is 0 Å². The molecule has 1 saturated heterocycles. The number of rotatable bonds is 7. The summed E-state index contributed by atoms with van der Waals surface area (Å²) in [5, 5.41) is 12.2. The minimum Gasteiger partial charge on any atom is -0.370 e. The monoisotopic (exact) mass is 507 g/mol. The van der Waals surface area contributed by atoms with Crippen molar-refractivity contribution in [3.63, 3.8) is 0 Å². The summed E-state index contributed by atoms with van der Waals surface area (Å²) < 4.78 is 1.94. The largest absolute Gasteiger partial charge is 0.370 e. The van der Waals surface area contributed by atoms with Crippen LogP contribution in [0.15, 0.2) is 79.3 Å². The lowest BCUT2D eigenvalue weighted by Gasteiger charge is -2.40. The zero-order chi connectivity index (χ0) is 25.7. The molecule has 7 heteroatoms. The van der Waals surface area contributed by atoms with E-state index in [2.05, 4.69) is 75.1 Å². The molecule has 2 fully saturated rings. The molecule has 6 rings (SSSR count). The van der Waals surface area contributed by atoms with Gasteiger partial charge in [0.15, 0.2) is 0 Å². The van der Waals surface area contributed by atoms with Gasteiger partial charge in [0.05, 0.1) is 17.6 Å². The van der Waals surface area contributed by atoms with Crippen molar-refractivity contribution in [1.29, 1.82) is 0 Å². The summed E-state index contributed by atoms with van der Waals surface area (Å²) >= 11 is 0. The van der Waals surface area contributed by atoms with Crippen LogP contribution in [0, 0.1) is 6.92 Å². The summed E-state index contributed by atoms with van der Waals surface area (Å²) in [6, 6.07) is 22.3. The number of hydrogen-bond donors (Lipinski definition) is 2. The molecule has 7 nitrogen and oxygen atoms in total. The second-order valence-electron chi connectivity index (χ2n) is 10.7. The summed E-state index contributed by atoms with van der Waals surface area (Å²) in [6.45, 7) is 4.20. The fourth-order valence-corrected chi connectivity index (χ4v) is 5.89. The van der Waals surface area contributed by atoms with Crippen LogP contribution in [0.1, 0.15) is 44.1 Å². The molecule has 2 N–H and O–H groups in total. The van der Waals surface area contributed by atoms with Crippen LogP contribution in [-0.4, -0.2) is 51.0 Å². The van der Waals surface area contributed by atoms with Crippen LogP contribution in [0.2, 0.25) is 0 Å². The SMILES string of the molecule is Cc1cnn(-c2ccc(N3CCC[C@H](NC4CCCCC4Nc4nccc(-c5ccccc5)n4)C3)cc2)c1. The number of nitrogens with one attached hydrogen (secondary N) is 2. The van der Waals surface area contributed by atoms with Crippen molar-refractivity contribution in [1.82, 2.24) is 25.1 Å². The Morgan fingerprint density at radius 1 is 0.842 bits per heavy atom. The Morgan fingerprint density at radius 2 is 1.63 bits per heavy atom. The Balaban J connectivity index is 1.10. The first-order valence-electron chi connectivity index (χ1n) is 14.0. The molecule has 2 unspecified atom stereocenters. The molecule has 1 aliphatic carbocycles. The van der Waals surface area contributed by atoms with Crippen molar-refractivity contribution < 1.29 is 0 Å². The highest BCUT2D eigenvalue weighted by molar-refractivity contribution is 5.59. The van der Waals surface area contributed by atoms with Crippen molar-refractivity contribution in [2.75, 3.05) is 23.3 Å². The van der Waals surface area contributed by atoms with E-state index in [0.717, 1.165) is 42.4 Å². The van der Waals surface area contributed by atoms with E-state index in [0.29, 0.717) is 18.1 Å². The van der Waals surface area contributed by atoms with Crippen LogP contribution < -0.4 is 15.5 Å². The van der Waals surface area contributed by atoms with Crippen LogP contribution in [0.4, 0.5) is 11.6 Å². The second-order valence-corrected chi connectivity index (χ2v) is 10.7. The van der Waals surface area contributed by atoms with Gasteiger partial charge in [-0.2, -0.15) is 5.10 Å². The van der Waals surface area contributed by atoms with E-state index in [4.69, 9.17) is 4.98 Å². The van der Waals surface area contributed by atoms with Crippen LogP contribution in [0.5, 0.6) is 0 Å². The van der Waals surface area contributed by atoms with Gasteiger partial charge in [-0.1, -0.05) is 43.2 Å². The Bertz CT molecular complexity index is 1320. The Hall–Kier alpha value is -3.71. The zero-order valence-corrected chi connectivity index (χ0v) is 22.1. The lowest BCUT2D eigenvalue weighted by Crippen LogP contribution is -2.55. The van der Waals surface area contributed by atoms with E-state index in [1.165, 1.54) is 43.4 Å². The molecule has 196 valence electrons. The van der Waals surface area contributed by atoms with E-state index < -0.39 is 0 Å². The van der Waals surface area contributed by atoms with Gasteiger partial charge >= 0.3 is 0 Å². The minimum absolute atomic E-state index is 0.335. The summed E-state index contributed by atoms with van der Waals surface area (Å²) in [5.74, 6) is 0.725. The molecule has 0 radical (unpaired) electrons. The predicted molar refractivity (Wildman–Crippen MR) is 154 cm³/mol. The standard InChI is InChI=1S/C31H37N7/c1-23-20-33-38(21-23)27-15-13-26(14-16-27)37-19-7-10-25(22-37)34-29-11-5-6-12-30(29)36-31-32-18-17-28(35-31)24-8-3-2-4-9-24/h2-4,8-9,13-18,20-21,25,29-30,34H,5-7,10-12,19,22H2,1H3,(H,32,35,36)/t25-,29?,30?/m0/s1. The molecule has 1 aliphatic heterocycles. The number of anilines is 2. The highest BCUT2D eigenvalue weighted by Crippen LogP contribution is 2.26. The van der Waals surface area contributed by atoms with Crippen molar-refractivity contribution >= 4 is 11.6 Å². The lowest BCUT2D eigenvalue weighted by atomic mass is 9.89. The van der Waals surface area contributed by atoms with Crippen molar-refractivity contribution in [3.05, 3.63) is 84.8 Å². The third-order valence-corrected chi connectivity index (χ3v) is 7.87. The van der Waals surface area contributed by atoms with Crippen molar-refractivity contribution in [3.8, 4) is 16.9 Å². The van der Waals surface area contributed by atoms with Gasteiger partial charge in [0, 0.05) is 54.9 Å². The smallest absolute Gasteiger partial charge is 0.223 e. The lowest BCUT2D eigenvalue weighted by molar-refractivity contribution is 0.293. The summed E-state index contributed by atoms with van der Waals surface area (Å²) in [5.41, 5.74) is 5.63. The first kappa shape index (κ1) is 24.6. The van der Waals surface area contributed by atoms with Crippen LogP contribution >= 0.6 is 0 Å². The van der Waals surface area contributed by atoms with Crippen LogP contribution in [0.25, 0.3) is 16.9 Å². The molecule has 4 aromatic rings. The van der Waals surface area contributed by atoms with Gasteiger partial charge in [-0.05, 0) is 68.5 Å². The van der Waals surface area contributed by atoms with E-state index in [1.54, 1.807) is 0 Å². The number of aryl methyl sites for hydroxylation is 1. The summed E-state index contributed by atoms with van der Waals surface area (Å²) in [4.78, 5) is 11.9. The van der Waals surface area contributed by atoms with Gasteiger partial charge in [0.1, 0.15) is 0 Å². The third kappa shape index (κ3) is 5.73. The van der Waals surface area contributed by atoms with Gasteiger partial charge < -0.3 is 15.5 Å². The predicted octanol–water partition coefficient (Wildman–Crippen LogP) is 5.62. The molecule has 2 aliphatic rings. The maximum absolute atomic E-state index is 4.84. The number of aromatic nitrogens is 4. The van der Waals surface area contributed by atoms with Crippen LogP contribution in [0.3, 0.4) is 0 Å². The minimum atomic E-state index is 0.335. The zero-order valence-electron chi connectivity index (χ0n) is 22.1. The van der Waals surface area contributed by atoms with Gasteiger partial charge in [0.2, 0.25) is 5.95 Å². The molecule has 3 atom stereocenters. The van der Waals surface area contributed by atoms with Gasteiger partial charge in [-0.25, -0.2) is 14.6 Å². The van der Waals surface area contributed by atoms with E-state index in [9.17, 15) is 0 Å². The summed E-state index contributed by atoms with van der Waals surface area (Å²) in [7, 11) is 0. The summed E-state index contributed by atoms with van der Waals surface area (Å²) in [6.07, 6.45) is 13.1. The maximum atomic E-state index is 4.84. The topological polar surface area (TPSA) is 70.9 Å². The normalized spacial score (nSPS) is 21.8. The van der Waals surface area contributed by atoms with Crippen LogP contribution in [-0.2, 0) is 0 Å². The quantitative estimate of drug-likeness (QED) is 0.338. The maximum Gasteiger partial charge on any atom is 0.223 e. The Kier molecular flexibility index (Phi) is 7.36. The fourth-order valence-electron chi connectivity index (χ4n) is 5.89. The third-order valence-electron chi connectivity index (χ3n) is 7.87. The van der Waals surface area contributed by atoms with E-state index in [1.807, 2.05) is 41.3 Å². The van der Waals surface area contributed by atoms with Crippen molar-refractivity contribution in [2.24, 2.45) is 0 Å². The number of piperidine rings is 1. The molecule has 38 heavy (non-hydrogen) atoms. The Morgan fingerprint density at radius 3 is 2.42 bits per heavy atom. The van der Waals surface area contributed by atoms with Crippen molar-refractivity contribution in [2.45, 2.75) is 63.6 Å². The second kappa shape index (κ2) is 11.4. The molecule has 3 heterocycles.